The van der Waals surface area contributed by atoms with Crippen LogP contribution in [-0.2, 0) is 19.1 Å². The van der Waals surface area contributed by atoms with E-state index in [2.05, 4.69) is 77.8 Å². The molecule has 460 valence electrons. The second-order valence-corrected chi connectivity index (χ2v) is 25.5. The summed E-state index contributed by atoms with van der Waals surface area (Å²) in [5.74, 6) is 3.86. The summed E-state index contributed by atoms with van der Waals surface area (Å²) in [4.78, 5) is 38.2. The van der Waals surface area contributed by atoms with Gasteiger partial charge in [0.05, 0.1) is 6.61 Å². The smallest absolute Gasteiger partial charge is 0.155 e. The second-order valence-electron chi connectivity index (χ2n) is 25.5. The third-order valence-corrected chi connectivity index (χ3v) is 17.6. The number of unbranched alkanes of at least 4 members (excludes halogenated alkanes) is 22. The SMILES string of the molecule is C.C=CC(CCCCCCCC)CCCCCCCC.C=CCCCC(CCCCC)CCCCC.CC(=O)CCCCCCCOC[C@@H]1C[C@H](C=CC(=O)CCC2CCCCCC2)CN1CCCCCCC(C)(C)C(C)=O. The molecule has 1 saturated carbocycles. The summed E-state index contributed by atoms with van der Waals surface area (Å²) in [6.45, 7) is 28.2. The Bertz CT molecular complexity index is 1350. The zero-order chi connectivity index (χ0) is 56.9. The zero-order valence-corrected chi connectivity index (χ0v) is 53.3. The van der Waals surface area contributed by atoms with Crippen molar-refractivity contribution in [1.82, 2.24) is 4.90 Å². The van der Waals surface area contributed by atoms with Crippen molar-refractivity contribution in [3.63, 3.8) is 0 Å². The number of Topliss-reactive ketones (excluding diaryl/α,β-unsaturated/α-hetero) is 2. The molecule has 0 aromatic rings. The van der Waals surface area contributed by atoms with Gasteiger partial charge in [-0.2, -0.15) is 0 Å². The maximum absolute atomic E-state index is 12.7. The van der Waals surface area contributed by atoms with Crippen molar-refractivity contribution in [2.24, 2.45) is 29.1 Å². The second kappa shape index (κ2) is 57.0. The first-order valence-corrected chi connectivity index (χ1v) is 34.1. The Kier molecular flexibility index (Phi) is 57.1. The summed E-state index contributed by atoms with van der Waals surface area (Å²) in [5.41, 5.74) is -0.196. The summed E-state index contributed by atoms with van der Waals surface area (Å²) in [5, 5.41) is 0. The molecule has 1 aliphatic carbocycles. The lowest BCUT2D eigenvalue weighted by atomic mass is 9.83. The molecule has 0 amide bonds. The molecule has 0 bridgehead atoms. The van der Waals surface area contributed by atoms with Gasteiger partial charge in [-0.05, 0) is 114 Å². The molecule has 78 heavy (non-hydrogen) atoms. The van der Waals surface area contributed by atoms with Crippen LogP contribution < -0.4 is 0 Å². The van der Waals surface area contributed by atoms with Gasteiger partial charge in [0.2, 0.25) is 0 Å². The van der Waals surface area contributed by atoms with Gasteiger partial charge in [0.25, 0.3) is 0 Å². The molecule has 2 rings (SSSR count). The largest absolute Gasteiger partial charge is 0.380 e. The molecule has 2 aliphatic rings. The summed E-state index contributed by atoms with van der Waals surface area (Å²) >= 11 is 0. The van der Waals surface area contributed by atoms with Crippen molar-refractivity contribution in [3.8, 4) is 0 Å². The van der Waals surface area contributed by atoms with E-state index in [0.717, 1.165) is 89.0 Å². The van der Waals surface area contributed by atoms with Crippen LogP contribution in [0.3, 0.4) is 0 Å². The first-order valence-electron chi connectivity index (χ1n) is 34.1. The predicted molar refractivity (Wildman–Crippen MR) is 347 cm³/mol. The maximum atomic E-state index is 12.7. The van der Waals surface area contributed by atoms with E-state index in [0.29, 0.717) is 36.4 Å². The number of ketones is 3. The minimum absolute atomic E-state index is 0. The van der Waals surface area contributed by atoms with E-state index in [1.165, 1.54) is 231 Å². The quantitative estimate of drug-likeness (QED) is 0.0263. The van der Waals surface area contributed by atoms with Crippen LogP contribution in [0.15, 0.2) is 37.5 Å². The van der Waals surface area contributed by atoms with E-state index in [4.69, 9.17) is 4.74 Å². The van der Waals surface area contributed by atoms with Gasteiger partial charge in [-0.3, -0.25) is 14.5 Å². The minimum atomic E-state index is -0.196. The Morgan fingerprint density at radius 1 is 0.603 bits per heavy atom. The van der Waals surface area contributed by atoms with E-state index in [-0.39, 0.29) is 18.6 Å². The van der Waals surface area contributed by atoms with Gasteiger partial charge >= 0.3 is 0 Å². The molecule has 2 atom stereocenters. The lowest BCUT2D eigenvalue weighted by molar-refractivity contribution is -0.125. The van der Waals surface area contributed by atoms with Crippen molar-refractivity contribution in [1.29, 1.82) is 0 Å². The first kappa shape index (κ1) is 78.2. The highest BCUT2D eigenvalue weighted by Crippen LogP contribution is 2.30. The normalized spacial score (nSPS) is 16.1. The number of allylic oxidation sites excluding steroid dienone is 3. The van der Waals surface area contributed by atoms with E-state index >= 15 is 0 Å². The van der Waals surface area contributed by atoms with Gasteiger partial charge in [-0.25, -0.2) is 0 Å². The lowest BCUT2D eigenvalue weighted by Gasteiger charge is -2.24. The van der Waals surface area contributed by atoms with E-state index in [1.807, 2.05) is 6.08 Å². The Balaban J connectivity index is 0. The van der Waals surface area contributed by atoms with Crippen molar-refractivity contribution in [3.05, 3.63) is 37.5 Å². The average molecular weight is 1090 g/mol. The lowest BCUT2D eigenvalue weighted by Crippen LogP contribution is -2.34. The molecule has 0 radical (unpaired) electrons. The van der Waals surface area contributed by atoms with Crippen molar-refractivity contribution >= 4 is 17.3 Å². The maximum Gasteiger partial charge on any atom is 0.155 e. The highest BCUT2D eigenvalue weighted by Gasteiger charge is 2.31. The Hall–Kier alpha value is -1.85. The number of nitrogens with zero attached hydrogens (tertiary/aromatic N) is 1. The van der Waals surface area contributed by atoms with Crippen molar-refractivity contribution < 1.29 is 19.1 Å². The van der Waals surface area contributed by atoms with Crippen LogP contribution in [0.2, 0.25) is 0 Å². The fourth-order valence-electron chi connectivity index (χ4n) is 11.8. The van der Waals surface area contributed by atoms with Crippen LogP contribution in [-0.4, -0.2) is 54.6 Å². The molecular formula is C73H139NO4. The summed E-state index contributed by atoms with van der Waals surface area (Å²) in [6.07, 6.45) is 66.3. The number of hydrogen-bond donors (Lipinski definition) is 0. The number of rotatable bonds is 50. The molecule has 2 fully saturated rings. The molecule has 0 aromatic carbocycles. The van der Waals surface area contributed by atoms with Gasteiger partial charge in [-0.15, -0.1) is 13.2 Å². The monoisotopic (exact) mass is 1090 g/mol. The highest BCUT2D eigenvalue weighted by atomic mass is 16.5. The van der Waals surface area contributed by atoms with Crippen LogP contribution in [0.4, 0.5) is 0 Å². The number of hydrogen-bond acceptors (Lipinski definition) is 5. The molecule has 1 aliphatic heterocycles. The number of ether oxygens (including phenoxy) is 1. The summed E-state index contributed by atoms with van der Waals surface area (Å²) < 4.78 is 6.17. The molecule has 0 unspecified atom stereocenters. The average Bonchev–Trinajstić information content (AvgIpc) is 3.60. The van der Waals surface area contributed by atoms with Crippen molar-refractivity contribution in [2.45, 2.75) is 358 Å². The predicted octanol–water partition coefficient (Wildman–Crippen LogP) is 23.1. The van der Waals surface area contributed by atoms with Crippen LogP contribution >= 0.6 is 0 Å². The summed E-state index contributed by atoms with van der Waals surface area (Å²) in [6, 6.07) is 0.424. The Labute approximate surface area is 489 Å². The first-order chi connectivity index (χ1) is 37.4. The molecule has 1 heterocycles. The standard InChI is InChI=1S/C37H65NO4.C19H38.C16H32.CH4/c1-31(39)18-12-6-5-11-17-27-42-30-35-28-34(22-24-36(41)23-21-33-19-13-7-8-14-20-33)29-38(35)26-16-10-9-15-25-37(3,4)32(2)40;1-4-7-9-11-13-15-17-19(6-3)18-16-14-12-10-8-5-2;1-4-7-10-13-16(14-11-8-5-2)15-12-9-6-3;/h22,24,33-35H,5-21,23,25-30H2,1-4H3;6,19H,3-5,7-18H2,1-2H3;4,16H,1,5-15H2,2-3H3;1H4/t34-,35-;;;/m0.../s1. The van der Waals surface area contributed by atoms with Gasteiger partial charge in [0.15, 0.2) is 5.78 Å². The number of likely N-dealkylation sites (tertiary alicyclic amines) is 1. The number of carbonyl (C=O) groups is 3. The fraction of sp³-hybridized carbons (Fsp3) is 0.877. The molecule has 0 N–H and O–H groups in total. The van der Waals surface area contributed by atoms with Gasteiger partial charge in [0.1, 0.15) is 11.6 Å². The third-order valence-electron chi connectivity index (χ3n) is 17.6. The molecule has 5 nitrogen and oxygen atoms in total. The molecule has 5 heteroatoms. The van der Waals surface area contributed by atoms with Crippen LogP contribution in [0.1, 0.15) is 352 Å². The van der Waals surface area contributed by atoms with E-state index in [9.17, 15) is 14.4 Å². The minimum Gasteiger partial charge on any atom is -0.380 e. The van der Waals surface area contributed by atoms with E-state index < -0.39 is 0 Å². The summed E-state index contributed by atoms with van der Waals surface area (Å²) in [7, 11) is 0. The molecular weight excluding hydrogens is 955 g/mol. The van der Waals surface area contributed by atoms with Crippen LogP contribution in [0, 0.1) is 29.1 Å². The molecule has 0 aromatic heterocycles. The van der Waals surface area contributed by atoms with Gasteiger partial charge < -0.3 is 9.53 Å². The van der Waals surface area contributed by atoms with Crippen LogP contribution in [0.25, 0.3) is 0 Å². The Morgan fingerprint density at radius 3 is 1.65 bits per heavy atom. The van der Waals surface area contributed by atoms with E-state index in [1.54, 1.807) is 13.8 Å². The number of carbonyl (C=O) groups excluding carboxylic acids is 3. The van der Waals surface area contributed by atoms with Gasteiger partial charge in [0, 0.05) is 37.5 Å². The van der Waals surface area contributed by atoms with Gasteiger partial charge in [-0.1, -0.05) is 279 Å². The van der Waals surface area contributed by atoms with Crippen molar-refractivity contribution in [2.75, 3.05) is 26.3 Å². The zero-order valence-electron chi connectivity index (χ0n) is 53.3. The molecule has 0 spiro atoms. The third kappa shape index (κ3) is 48.8. The fourth-order valence-corrected chi connectivity index (χ4v) is 11.8. The Morgan fingerprint density at radius 2 is 1.10 bits per heavy atom. The topological polar surface area (TPSA) is 63.7 Å². The molecule has 1 saturated heterocycles. The highest BCUT2D eigenvalue weighted by molar-refractivity contribution is 5.89. The van der Waals surface area contributed by atoms with Crippen LogP contribution in [0.5, 0.6) is 0 Å².